The molecule has 3 aromatic carbocycles. The molecule has 2 atom stereocenters. The lowest BCUT2D eigenvalue weighted by Gasteiger charge is -2.27. The standard InChI is InChI=1S/C30H29F5O2/c1-3-5-20-10-8-19(17-37-20)7-6-18-9-11-21(25(31)16-18)22-12-13-23(28(33)27(22)32)24-14-15-26(36-4-2)30(35)29(24)34/h3,5,9,11-16,19-20H,4,6-8,10,17H2,1-2H3. The van der Waals surface area contributed by atoms with E-state index in [1.54, 1.807) is 13.0 Å². The maximum absolute atomic E-state index is 15.0. The summed E-state index contributed by atoms with van der Waals surface area (Å²) in [5.41, 5.74) is -0.582. The van der Waals surface area contributed by atoms with E-state index in [-0.39, 0.29) is 29.6 Å². The fourth-order valence-corrected chi connectivity index (χ4v) is 4.70. The molecule has 1 heterocycles. The van der Waals surface area contributed by atoms with Gasteiger partial charge in [0.2, 0.25) is 5.82 Å². The molecule has 196 valence electrons. The van der Waals surface area contributed by atoms with Crippen molar-refractivity contribution in [3.05, 3.63) is 89.3 Å². The smallest absolute Gasteiger partial charge is 0.201 e. The van der Waals surface area contributed by atoms with Crippen LogP contribution in [-0.4, -0.2) is 19.3 Å². The number of aryl methyl sites for hydroxylation is 1. The largest absolute Gasteiger partial charge is 0.491 e. The van der Waals surface area contributed by atoms with Gasteiger partial charge in [-0.25, -0.2) is 17.6 Å². The van der Waals surface area contributed by atoms with Crippen LogP contribution in [-0.2, 0) is 11.2 Å². The minimum absolute atomic E-state index is 0.111. The lowest BCUT2D eigenvalue weighted by atomic mass is 9.91. The molecule has 2 nitrogen and oxygen atoms in total. The van der Waals surface area contributed by atoms with Crippen LogP contribution in [0.15, 0.2) is 54.6 Å². The molecule has 0 spiro atoms. The van der Waals surface area contributed by atoms with E-state index in [9.17, 15) is 17.6 Å². The van der Waals surface area contributed by atoms with Gasteiger partial charge < -0.3 is 9.47 Å². The van der Waals surface area contributed by atoms with Crippen LogP contribution < -0.4 is 4.74 Å². The van der Waals surface area contributed by atoms with Gasteiger partial charge in [-0.05, 0) is 69.2 Å². The molecule has 3 aromatic rings. The zero-order valence-corrected chi connectivity index (χ0v) is 20.8. The number of allylic oxidation sites excluding steroid dienone is 1. The van der Waals surface area contributed by atoms with Crippen molar-refractivity contribution in [1.29, 1.82) is 0 Å². The Morgan fingerprint density at radius 1 is 0.838 bits per heavy atom. The molecule has 0 aromatic heterocycles. The number of ether oxygens (including phenoxy) is 2. The van der Waals surface area contributed by atoms with E-state index in [4.69, 9.17) is 9.47 Å². The molecule has 1 aliphatic heterocycles. The van der Waals surface area contributed by atoms with Gasteiger partial charge in [-0.1, -0.05) is 36.4 Å². The summed E-state index contributed by atoms with van der Waals surface area (Å²) >= 11 is 0. The van der Waals surface area contributed by atoms with E-state index >= 15 is 4.39 Å². The molecule has 2 unspecified atom stereocenters. The SMILES string of the molecule is CC=CC1CCC(CCc2ccc(-c3ccc(-c4ccc(OCC)c(F)c4F)c(F)c3F)c(F)c2)CO1. The quantitative estimate of drug-likeness (QED) is 0.221. The first-order chi connectivity index (χ1) is 17.8. The first kappa shape index (κ1) is 26.9. The predicted molar refractivity (Wildman–Crippen MR) is 134 cm³/mol. The summed E-state index contributed by atoms with van der Waals surface area (Å²) in [6, 6.07) is 8.99. The van der Waals surface area contributed by atoms with Crippen LogP contribution in [0.1, 0.15) is 38.7 Å². The molecule has 0 aliphatic carbocycles. The molecule has 37 heavy (non-hydrogen) atoms. The van der Waals surface area contributed by atoms with Gasteiger partial charge in [0, 0.05) is 22.3 Å². The highest BCUT2D eigenvalue weighted by Gasteiger charge is 2.23. The third-order valence-corrected chi connectivity index (χ3v) is 6.70. The van der Waals surface area contributed by atoms with Crippen LogP contribution in [0.25, 0.3) is 22.3 Å². The van der Waals surface area contributed by atoms with E-state index in [1.807, 2.05) is 19.1 Å². The molecular weight excluding hydrogens is 487 g/mol. The second kappa shape index (κ2) is 11.9. The Morgan fingerprint density at radius 2 is 1.46 bits per heavy atom. The first-order valence-electron chi connectivity index (χ1n) is 12.5. The fraction of sp³-hybridized carbons (Fsp3) is 0.333. The number of hydrogen-bond donors (Lipinski definition) is 0. The van der Waals surface area contributed by atoms with Gasteiger partial charge in [0.1, 0.15) is 5.82 Å². The van der Waals surface area contributed by atoms with Gasteiger partial charge in [-0.3, -0.25) is 0 Å². The number of hydrogen-bond acceptors (Lipinski definition) is 2. The summed E-state index contributed by atoms with van der Waals surface area (Å²) in [5, 5.41) is 0. The Morgan fingerprint density at radius 3 is 2.05 bits per heavy atom. The fourth-order valence-electron chi connectivity index (χ4n) is 4.70. The van der Waals surface area contributed by atoms with Crippen LogP contribution in [0.2, 0.25) is 0 Å². The minimum atomic E-state index is -1.39. The summed E-state index contributed by atoms with van der Waals surface area (Å²) in [7, 11) is 0. The topological polar surface area (TPSA) is 18.5 Å². The van der Waals surface area contributed by atoms with Crippen molar-refractivity contribution in [2.24, 2.45) is 5.92 Å². The molecular formula is C30H29F5O2. The van der Waals surface area contributed by atoms with Gasteiger partial charge in [-0.2, -0.15) is 4.39 Å². The van der Waals surface area contributed by atoms with Crippen LogP contribution in [0, 0.1) is 35.0 Å². The maximum atomic E-state index is 15.0. The maximum Gasteiger partial charge on any atom is 0.201 e. The van der Waals surface area contributed by atoms with E-state index in [0.29, 0.717) is 18.9 Å². The average Bonchev–Trinajstić information content (AvgIpc) is 2.89. The van der Waals surface area contributed by atoms with Crippen molar-refractivity contribution >= 4 is 0 Å². The lowest BCUT2D eigenvalue weighted by molar-refractivity contribution is 0.00862. The lowest BCUT2D eigenvalue weighted by Crippen LogP contribution is -2.24. The van der Waals surface area contributed by atoms with Crippen LogP contribution in [0.5, 0.6) is 5.75 Å². The third-order valence-electron chi connectivity index (χ3n) is 6.70. The Balaban J connectivity index is 1.51. The number of halogens is 5. The molecule has 0 bridgehead atoms. The molecule has 0 amide bonds. The van der Waals surface area contributed by atoms with Gasteiger partial charge in [0.15, 0.2) is 23.2 Å². The van der Waals surface area contributed by atoms with Crippen molar-refractivity contribution in [2.75, 3.05) is 13.2 Å². The van der Waals surface area contributed by atoms with E-state index in [1.165, 1.54) is 18.2 Å². The highest BCUT2D eigenvalue weighted by atomic mass is 19.2. The monoisotopic (exact) mass is 516 g/mol. The normalized spacial score (nSPS) is 17.9. The highest BCUT2D eigenvalue weighted by molar-refractivity contribution is 5.73. The minimum Gasteiger partial charge on any atom is -0.491 e. The van der Waals surface area contributed by atoms with Crippen molar-refractivity contribution < 1.29 is 31.4 Å². The molecule has 7 heteroatoms. The van der Waals surface area contributed by atoms with E-state index < -0.39 is 40.2 Å². The van der Waals surface area contributed by atoms with E-state index in [2.05, 4.69) is 0 Å². The molecule has 0 radical (unpaired) electrons. The Labute approximate surface area is 213 Å². The summed E-state index contributed by atoms with van der Waals surface area (Å²) in [6.45, 7) is 4.34. The van der Waals surface area contributed by atoms with E-state index in [0.717, 1.165) is 43.0 Å². The second-order valence-corrected chi connectivity index (χ2v) is 9.15. The van der Waals surface area contributed by atoms with Crippen LogP contribution in [0.4, 0.5) is 22.0 Å². The average molecular weight is 517 g/mol. The Hall–Kier alpha value is -3.19. The van der Waals surface area contributed by atoms with Gasteiger partial charge >= 0.3 is 0 Å². The third kappa shape index (κ3) is 5.87. The summed E-state index contributed by atoms with van der Waals surface area (Å²) in [4.78, 5) is 0. The van der Waals surface area contributed by atoms with Crippen molar-refractivity contribution in [3.63, 3.8) is 0 Å². The second-order valence-electron chi connectivity index (χ2n) is 9.15. The molecule has 1 aliphatic rings. The summed E-state index contributed by atoms with van der Waals surface area (Å²) in [6.07, 6.45) is 7.65. The van der Waals surface area contributed by atoms with Crippen molar-refractivity contribution in [1.82, 2.24) is 0 Å². The molecule has 1 saturated heterocycles. The van der Waals surface area contributed by atoms with Crippen LogP contribution >= 0.6 is 0 Å². The number of rotatable bonds is 8. The van der Waals surface area contributed by atoms with Gasteiger partial charge in [0.25, 0.3) is 0 Å². The summed E-state index contributed by atoms with van der Waals surface area (Å²) < 4.78 is 84.6. The highest BCUT2D eigenvalue weighted by Crippen LogP contribution is 2.36. The van der Waals surface area contributed by atoms with Gasteiger partial charge in [-0.15, -0.1) is 0 Å². The molecule has 0 saturated carbocycles. The number of benzene rings is 3. The van der Waals surface area contributed by atoms with Crippen molar-refractivity contribution in [2.45, 2.75) is 45.6 Å². The molecule has 0 N–H and O–H groups in total. The Bertz CT molecular complexity index is 1280. The van der Waals surface area contributed by atoms with Gasteiger partial charge in [0.05, 0.1) is 19.3 Å². The summed E-state index contributed by atoms with van der Waals surface area (Å²) in [5.74, 6) is -6.00. The Kier molecular flexibility index (Phi) is 8.64. The first-order valence-corrected chi connectivity index (χ1v) is 12.5. The molecule has 4 rings (SSSR count). The zero-order chi connectivity index (χ0) is 26.5. The van der Waals surface area contributed by atoms with Crippen LogP contribution in [0.3, 0.4) is 0 Å². The van der Waals surface area contributed by atoms with Crippen molar-refractivity contribution in [3.8, 4) is 28.0 Å². The predicted octanol–water partition coefficient (Wildman–Crippen LogP) is 8.42. The molecule has 1 fully saturated rings. The zero-order valence-electron chi connectivity index (χ0n) is 20.8.